The Balaban J connectivity index is 1.42. The molecule has 1 saturated heterocycles. The predicted molar refractivity (Wildman–Crippen MR) is 102 cm³/mol. The van der Waals surface area contributed by atoms with Gasteiger partial charge in [-0.05, 0) is 49.3 Å². The first kappa shape index (κ1) is 18.9. The molecule has 1 N–H and O–H groups in total. The van der Waals surface area contributed by atoms with Crippen LogP contribution in [-0.2, 0) is 18.3 Å². The van der Waals surface area contributed by atoms with Crippen molar-refractivity contribution in [1.82, 2.24) is 14.5 Å². The van der Waals surface area contributed by atoms with Crippen LogP contribution in [0.3, 0.4) is 0 Å². The summed E-state index contributed by atoms with van der Waals surface area (Å²) in [5.41, 5.74) is 1.21. The maximum Gasteiger partial charge on any atom is 0.222 e. The molecule has 0 spiro atoms. The molecule has 1 aromatic carbocycles. The minimum Gasteiger partial charge on any atom is -0.385 e. The first-order chi connectivity index (χ1) is 12.5. The van der Waals surface area contributed by atoms with Crippen LogP contribution in [-0.4, -0.2) is 38.6 Å². The Morgan fingerprint density at radius 3 is 2.62 bits per heavy atom. The highest BCUT2D eigenvalue weighted by Gasteiger charge is 2.29. The topological polar surface area (TPSA) is 58.4 Å². The van der Waals surface area contributed by atoms with Gasteiger partial charge in [0.1, 0.15) is 11.9 Å². The lowest BCUT2D eigenvalue weighted by molar-refractivity contribution is -0.133. The van der Waals surface area contributed by atoms with Gasteiger partial charge in [-0.15, -0.1) is 0 Å². The van der Waals surface area contributed by atoms with Gasteiger partial charge in [0.05, 0.1) is 0 Å². The van der Waals surface area contributed by atoms with E-state index in [9.17, 15) is 9.90 Å². The fourth-order valence-corrected chi connectivity index (χ4v) is 3.72. The number of carbonyl (C=O) groups is 1. The minimum atomic E-state index is -0.558. The van der Waals surface area contributed by atoms with Gasteiger partial charge in [0, 0.05) is 44.0 Å². The monoisotopic (exact) mass is 375 g/mol. The Morgan fingerprint density at radius 2 is 2.00 bits per heavy atom. The van der Waals surface area contributed by atoms with Crippen molar-refractivity contribution in [1.29, 1.82) is 0 Å². The van der Waals surface area contributed by atoms with Gasteiger partial charge in [0.2, 0.25) is 5.91 Å². The van der Waals surface area contributed by atoms with Crippen molar-refractivity contribution in [2.24, 2.45) is 13.0 Å². The quantitative estimate of drug-likeness (QED) is 0.842. The maximum atomic E-state index is 12.4. The highest BCUT2D eigenvalue weighted by atomic mass is 35.5. The second-order valence-corrected chi connectivity index (χ2v) is 7.48. The van der Waals surface area contributed by atoms with Gasteiger partial charge in [-0.25, -0.2) is 4.98 Å². The van der Waals surface area contributed by atoms with E-state index < -0.39 is 6.10 Å². The van der Waals surface area contributed by atoms with Crippen LogP contribution in [0.25, 0.3) is 0 Å². The van der Waals surface area contributed by atoms with E-state index in [1.807, 2.05) is 47.0 Å². The van der Waals surface area contributed by atoms with Crippen molar-refractivity contribution in [3.63, 3.8) is 0 Å². The third kappa shape index (κ3) is 4.65. The molecular weight excluding hydrogens is 350 g/mol. The first-order valence-electron chi connectivity index (χ1n) is 9.22. The summed E-state index contributed by atoms with van der Waals surface area (Å²) < 4.78 is 1.86. The molecule has 1 aromatic heterocycles. The van der Waals surface area contributed by atoms with E-state index in [-0.39, 0.29) is 11.8 Å². The van der Waals surface area contributed by atoms with Gasteiger partial charge in [-0.3, -0.25) is 4.79 Å². The summed E-state index contributed by atoms with van der Waals surface area (Å²) in [6, 6.07) is 7.79. The van der Waals surface area contributed by atoms with E-state index in [4.69, 9.17) is 11.6 Å². The number of benzene rings is 1. The van der Waals surface area contributed by atoms with E-state index in [1.165, 1.54) is 5.56 Å². The Hall–Kier alpha value is -1.85. The lowest BCUT2D eigenvalue weighted by atomic mass is 9.90. The van der Waals surface area contributed by atoms with Gasteiger partial charge >= 0.3 is 0 Å². The fourth-order valence-electron chi connectivity index (χ4n) is 3.59. The third-order valence-corrected chi connectivity index (χ3v) is 5.48. The van der Waals surface area contributed by atoms with Crippen LogP contribution in [0.15, 0.2) is 36.7 Å². The number of piperidine rings is 1. The van der Waals surface area contributed by atoms with Crippen molar-refractivity contribution >= 4 is 17.5 Å². The van der Waals surface area contributed by atoms with E-state index in [0.717, 1.165) is 30.7 Å². The van der Waals surface area contributed by atoms with Gasteiger partial charge in [0.25, 0.3) is 0 Å². The molecule has 0 unspecified atom stereocenters. The smallest absolute Gasteiger partial charge is 0.222 e. The highest BCUT2D eigenvalue weighted by molar-refractivity contribution is 6.30. The van der Waals surface area contributed by atoms with Crippen LogP contribution in [0.1, 0.15) is 43.2 Å². The molecule has 6 heteroatoms. The number of aliphatic hydroxyl groups excluding tert-OH is 1. The van der Waals surface area contributed by atoms with Gasteiger partial charge in [0.15, 0.2) is 0 Å². The molecule has 0 bridgehead atoms. The molecule has 2 aromatic rings. The van der Waals surface area contributed by atoms with Crippen molar-refractivity contribution in [2.45, 2.75) is 38.2 Å². The Morgan fingerprint density at radius 1 is 1.31 bits per heavy atom. The molecule has 1 fully saturated rings. The second-order valence-electron chi connectivity index (χ2n) is 7.04. The molecular formula is C20H26ClN3O2. The molecule has 0 radical (unpaired) electrons. The Bertz CT molecular complexity index is 721. The molecule has 26 heavy (non-hydrogen) atoms. The summed E-state index contributed by atoms with van der Waals surface area (Å²) in [4.78, 5) is 18.6. The molecule has 1 atom stereocenters. The van der Waals surface area contributed by atoms with Gasteiger partial charge in [-0.2, -0.15) is 0 Å². The number of likely N-dealkylation sites (tertiary alicyclic amines) is 1. The number of nitrogens with zero attached hydrogens (tertiary/aromatic N) is 3. The van der Waals surface area contributed by atoms with Gasteiger partial charge < -0.3 is 14.6 Å². The molecule has 1 aliphatic heterocycles. The summed E-state index contributed by atoms with van der Waals surface area (Å²) in [6.45, 7) is 1.43. The number of hydrogen-bond donors (Lipinski definition) is 1. The largest absolute Gasteiger partial charge is 0.385 e. The van der Waals surface area contributed by atoms with E-state index in [1.54, 1.807) is 6.20 Å². The SMILES string of the molecule is Cn1ccnc1[C@H](O)C1CCN(C(=O)CCCc2ccc(Cl)cc2)CC1. The van der Waals surface area contributed by atoms with Crippen molar-refractivity contribution in [3.8, 4) is 0 Å². The summed E-state index contributed by atoms with van der Waals surface area (Å²) in [5, 5.41) is 11.3. The number of rotatable bonds is 6. The Labute approximate surface area is 159 Å². The number of halogens is 1. The number of aromatic nitrogens is 2. The lowest BCUT2D eigenvalue weighted by Gasteiger charge is -2.34. The van der Waals surface area contributed by atoms with Crippen molar-refractivity contribution in [3.05, 3.63) is 53.1 Å². The summed E-state index contributed by atoms with van der Waals surface area (Å²) in [6.07, 6.45) is 6.92. The van der Waals surface area contributed by atoms with Crippen LogP contribution in [0.4, 0.5) is 0 Å². The van der Waals surface area contributed by atoms with Gasteiger partial charge in [-0.1, -0.05) is 23.7 Å². The molecule has 140 valence electrons. The maximum absolute atomic E-state index is 12.4. The van der Waals surface area contributed by atoms with Crippen LogP contribution in [0.2, 0.25) is 5.02 Å². The lowest BCUT2D eigenvalue weighted by Crippen LogP contribution is -2.40. The first-order valence-corrected chi connectivity index (χ1v) is 9.60. The van der Waals surface area contributed by atoms with Crippen molar-refractivity contribution < 1.29 is 9.90 Å². The zero-order valence-corrected chi connectivity index (χ0v) is 15.9. The van der Waals surface area contributed by atoms with E-state index in [2.05, 4.69) is 4.98 Å². The molecule has 0 aliphatic carbocycles. The summed E-state index contributed by atoms with van der Waals surface area (Å²) in [5.74, 6) is 1.08. The fraction of sp³-hybridized carbons (Fsp3) is 0.500. The van der Waals surface area contributed by atoms with Crippen LogP contribution in [0, 0.1) is 5.92 Å². The highest BCUT2D eigenvalue weighted by Crippen LogP contribution is 2.30. The zero-order chi connectivity index (χ0) is 18.5. The molecule has 0 saturated carbocycles. The van der Waals surface area contributed by atoms with Crippen LogP contribution in [0.5, 0.6) is 0 Å². The molecule has 2 heterocycles. The molecule has 1 amide bonds. The van der Waals surface area contributed by atoms with Crippen LogP contribution < -0.4 is 0 Å². The van der Waals surface area contributed by atoms with E-state index >= 15 is 0 Å². The van der Waals surface area contributed by atoms with Crippen LogP contribution >= 0.6 is 11.6 Å². The number of hydrogen-bond acceptors (Lipinski definition) is 3. The number of amides is 1. The Kier molecular flexibility index (Phi) is 6.33. The summed E-state index contributed by atoms with van der Waals surface area (Å²) >= 11 is 5.89. The molecule has 5 nitrogen and oxygen atoms in total. The normalized spacial score (nSPS) is 16.7. The average molecular weight is 376 g/mol. The number of aliphatic hydroxyl groups is 1. The molecule has 1 aliphatic rings. The number of aryl methyl sites for hydroxylation is 2. The zero-order valence-electron chi connectivity index (χ0n) is 15.1. The molecule has 3 rings (SSSR count). The number of carbonyl (C=O) groups excluding carboxylic acids is 1. The number of imidazole rings is 1. The standard InChI is InChI=1S/C20H26ClN3O2/c1-23-14-11-22-20(23)19(26)16-9-12-24(13-10-16)18(25)4-2-3-15-5-7-17(21)8-6-15/h5-8,11,14,16,19,26H,2-4,9-10,12-13H2,1H3/t19-/m1/s1. The minimum absolute atomic E-state index is 0.161. The van der Waals surface area contributed by atoms with E-state index in [0.29, 0.717) is 25.3 Å². The van der Waals surface area contributed by atoms with Crippen molar-refractivity contribution in [2.75, 3.05) is 13.1 Å². The predicted octanol–water partition coefficient (Wildman–Crippen LogP) is 3.37. The second kappa shape index (κ2) is 8.69. The summed E-state index contributed by atoms with van der Waals surface area (Å²) in [7, 11) is 1.89. The third-order valence-electron chi connectivity index (χ3n) is 5.23. The average Bonchev–Trinajstić information content (AvgIpc) is 3.09.